The van der Waals surface area contributed by atoms with E-state index in [-0.39, 0.29) is 24.8 Å². The number of amides is 1. The molecule has 32 heavy (non-hydrogen) atoms. The fourth-order valence-electron chi connectivity index (χ4n) is 3.34. The van der Waals surface area contributed by atoms with Gasteiger partial charge in [0.25, 0.3) is 5.91 Å². The fraction of sp³-hybridized carbons (Fsp3) is 0.318. The van der Waals surface area contributed by atoms with Crippen LogP contribution in [-0.2, 0) is 9.53 Å². The summed E-state index contributed by atoms with van der Waals surface area (Å²) in [5.41, 5.74) is 2.13. The molecule has 0 saturated carbocycles. The van der Waals surface area contributed by atoms with E-state index in [0.29, 0.717) is 24.8 Å². The number of hydrogen-bond donors (Lipinski definition) is 0. The maximum absolute atomic E-state index is 13.8. The summed E-state index contributed by atoms with van der Waals surface area (Å²) < 4.78 is 25.1. The Hall–Kier alpha value is -3.66. The van der Waals surface area contributed by atoms with Crippen LogP contribution in [0.4, 0.5) is 10.3 Å². The minimum atomic E-state index is -0.507. The van der Waals surface area contributed by atoms with Crippen LogP contribution in [0.5, 0.6) is 5.75 Å². The number of ether oxygens (including phenoxy) is 2. The Bertz CT molecular complexity index is 1080. The molecule has 9 nitrogen and oxygen atoms in total. The molecule has 4 rings (SSSR count). The first-order valence-corrected chi connectivity index (χ1v) is 10.1. The minimum Gasteiger partial charge on any atom is -0.481 e. The molecule has 1 fully saturated rings. The topological polar surface area (TPSA) is 93.6 Å². The molecule has 1 atom stereocenters. The SMILES string of the molecule is CN(C)c1ncc(-c2cncnc2)c([C@@H]2CN(C(=O)COc3ccccc3F)CCO2)n1. The van der Waals surface area contributed by atoms with Crippen molar-refractivity contribution >= 4 is 11.9 Å². The van der Waals surface area contributed by atoms with Gasteiger partial charge in [-0.1, -0.05) is 12.1 Å². The van der Waals surface area contributed by atoms with Gasteiger partial charge in [-0.2, -0.15) is 0 Å². The van der Waals surface area contributed by atoms with Crippen molar-refractivity contribution in [1.82, 2.24) is 24.8 Å². The standard InChI is InChI=1S/C22H23FN6O3/c1-28(2)22-26-11-16(15-9-24-14-25-10-15)21(27-22)19-12-29(7-8-31-19)20(30)13-32-18-6-4-3-5-17(18)23/h3-6,9-11,14,19H,7-8,12-13H2,1-2H3/t19-/m0/s1. The summed E-state index contributed by atoms with van der Waals surface area (Å²) in [4.78, 5) is 33.4. The third kappa shape index (κ3) is 4.80. The number of halogens is 1. The van der Waals surface area contributed by atoms with E-state index in [1.807, 2.05) is 14.1 Å². The Labute approximate surface area is 184 Å². The van der Waals surface area contributed by atoms with Crippen molar-refractivity contribution in [3.8, 4) is 16.9 Å². The minimum absolute atomic E-state index is 0.0449. The number of aromatic nitrogens is 4. The molecule has 1 amide bonds. The first-order valence-electron chi connectivity index (χ1n) is 10.1. The molecule has 3 aromatic rings. The Morgan fingerprint density at radius 2 is 2.03 bits per heavy atom. The molecule has 1 aliphatic heterocycles. The molecule has 1 saturated heterocycles. The first-order chi connectivity index (χ1) is 15.5. The molecule has 166 valence electrons. The highest BCUT2D eigenvalue weighted by Gasteiger charge is 2.29. The lowest BCUT2D eigenvalue weighted by Gasteiger charge is -2.33. The molecule has 0 radical (unpaired) electrons. The number of benzene rings is 1. The second kappa shape index (κ2) is 9.65. The van der Waals surface area contributed by atoms with Crippen LogP contribution in [-0.4, -0.2) is 71.1 Å². The highest BCUT2D eigenvalue weighted by atomic mass is 19.1. The van der Waals surface area contributed by atoms with Crippen LogP contribution in [0.25, 0.3) is 11.1 Å². The molecule has 1 aliphatic rings. The van der Waals surface area contributed by atoms with Gasteiger partial charge in [0.2, 0.25) is 5.95 Å². The summed E-state index contributed by atoms with van der Waals surface area (Å²) in [6, 6.07) is 6.00. The van der Waals surface area contributed by atoms with E-state index in [9.17, 15) is 9.18 Å². The van der Waals surface area contributed by atoms with Crippen LogP contribution < -0.4 is 9.64 Å². The van der Waals surface area contributed by atoms with Crippen LogP contribution in [0.2, 0.25) is 0 Å². The lowest BCUT2D eigenvalue weighted by Crippen LogP contribution is -2.44. The zero-order valence-corrected chi connectivity index (χ0v) is 17.8. The maximum Gasteiger partial charge on any atom is 0.260 e. The molecular weight excluding hydrogens is 415 g/mol. The second-order valence-corrected chi connectivity index (χ2v) is 7.41. The Morgan fingerprint density at radius 1 is 1.25 bits per heavy atom. The van der Waals surface area contributed by atoms with Gasteiger partial charge in [-0.05, 0) is 12.1 Å². The van der Waals surface area contributed by atoms with Crippen molar-refractivity contribution in [2.75, 3.05) is 45.3 Å². The highest BCUT2D eigenvalue weighted by molar-refractivity contribution is 5.78. The predicted octanol–water partition coefficient (Wildman–Crippen LogP) is 2.12. The van der Waals surface area contributed by atoms with E-state index in [1.165, 1.54) is 18.5 Å². The van der Waals surface area contributed by atoms with E-state index in [4.69, 9.17) is 9.47 Å². The predicted molar refractivity (Wildman–Crippen MR) is 115 cm³/mol. The summed E-state index contributed by atoms with van der Waals surface area (Å²) in [5.74, 6) is -0.195. The third-order valence-electron chi connectivity index (χ3n) is 4.99. The summed E-state index contributed by atoms with van der Waals surface area (Å²) in [5, 5.41) is 0. The Balaban J connectivity index is 1.54. The highest BCUT2D eigenvalue weighted by Crippen LogP contribution is 2.31. The van der Waals surface area contributed by atoms with Crippen molar-refractivity contribution in [3.63, 3.8) is 0 Å². The zero-order valence-electron chi connectivity index (χ0n) is 17.8. The molecule has 0 bridgehead atoms. The molecule has 2 aromatic heterocycles. The lowest BCUT2D eigenvalue weighted by atomic mass is 10.0. The zero-order chi connectivity index (χ0) is 22.5. The van der Waals surface area contributed by atoms with Crippen LogP contribution in [0, 0.1) is 5.82 Å². The lowest BCUT2D eigenvalue weighted by molar-refractivity contribution is -0.141. The van der Waals surface area contributed by atoms with Gasteiger partial charge in [0.1, 0.15) is 12.4 Å². The number of morpholine rings is 1. The van der Waals surface area contributed by atoms with E-state index in [0.717, 1.165) is 11.1 Å². The van der Waals surface area contributed by atoms with Crippen molar-refractivity contribution in [2.24, 2.45) is 0 Å². The van der Waals surface area contributed by atoms with Crippen LogP contribution in [0.1, 0.15) is 11.8 Å². The summed E-state index contributed by atoms with van der Waals surface area (Å²) in [6.45, 7) is 0.761. The van der Waals surface area contributed by atoms with Gasteiger partial charge in [0, 0.05) is 50.4 Å². The maximum atomic E-state index is 13.8. The number of carbonyl (C=O) groups is 1. The smallest absolute Gasteiger partial charge is 0.260 e. The number of para-hydroxylation sites is 1. The first kappa shape index (κ1) is 21.6. The monoisotopic (exact) mass is 438 g/mol. The van der Waals surface area contributed by atoms with Crippen molar-refractivity contribution < 1.29 is 18.7 Å². The van der Waals surface area contributed by atoms with Gasteiger partial charge in [0.05, 0.1) is 18.8 Å². The summed E-state index contributed by atoms with van der Waals surface area (Å²) in [6.07, 6.45) is 6.04. The van der Waals surface area contributed by atoms with E-state index in [2.05, 4.69) is 19.9 Å². The molecule has 10 heteroatoms. The van der Waals surface area contributed by atoms with Gasteiger partial charge in [-0.25, -0.2) is 24.3 Å². The van der Waals surface area contributed by atoms with Crippen LogP contribution >= 0.6 is 0 Å². The number of nitrogens with zero attached hydrogens (tertiary/aromatic N) is 6. The largest absolute Gasteiger partial charge is 0.481 e. The molecule has 3 heterocycles. The number of rotatable bonds is 6. The molecular formula is C22H23FN6O3. The van der Waals surface area contributed by atoms with Crippen molar-refractivity contribution in [2.45, 2.75) is 6.10 Å². The second-order valence-electron chi connectivity index (χ2n) is 7.41. The average Bonchev–Trinajstić information content (AvgIpc) is 2.83. The van der Waals surface area contributed by atoms with Crippen molar-refractivity contribution in [1.29, 1.82) is 0 Å². The molecule has 0 N–H and O–H groups in total. The van der Waals surface area contributed by atoms with Gasteiger partial charge in [0.15, 0.2) is 18.2 Å². The number of hydrogen-bond acceptors (Lipinski definition) is 8. The van der Waals surface area contributed by atoms with Crippen LogP contribution in [0.15, 0.2) is 49.2 Å². The van der Waals surface area contributed by atoms with Crippen LogP contribution in [0.3, 0.4) is 0 Å². The molecule has 0 aliphatic carbocycles. The normalized spacial score (nSPS) is 16.0. The molecule has 0 unspecified atom stereocenters. The van der Waals surface area contributed by atoms with Gasteiger partial charge < -0.3 is 19.3 Å². The number of carbonyl (C=O) groups excluding carboxylic acids is 1. The molecule has 0 spiro atoms. The van der Waals surface area contributed by atoms with E-state index >= 15 is 0 Å². The molecule has 1 aromatic carbocycles. The number of anilines is 1. The van der Waals surface area contributed by atoms with Gasteiger partial charge >= 0.3 is 0 Å². The van der Waals surface area contributed by atoms with E-state index < -0.39 is 11.9 Å². The van der Waals surface area contributed by atoms with E-state index in [1.54, 1.807) is 40.5 Å². The third-order valence-corrected chi connectivity index (χ3v) is 4.99. The Kier molecular flexibility index (Phi) is 6.50. The summed E-state index contributed by atoms with van der Waals surface area (Å²) >= 11 is 0. The summed E-state index contributed by atoms with van der Waals surface area (Å²) in [7, 11) is 3.70. The Morgan fingerprint density at radius 3 is 2.78 bits per heavy atom. The quantitative estimate of drug-likeness (QED) is 0.578. The average molecular weight is 438 g/mol. The van der Waals surface area contributed by atoms with Gasteiger partial charge in [-0.3, -0.25) is 4.79 Å². The van der Waals surface area contributed by atoms with Gasteiger partial charge in [-0.15, -0.1) is 0 Å². The van der Waals surface area contributed by atoms with Crippen molar-refractivity contribution in [3.05, 3.63) is 60.7 Å². The fourth-order valence-corrected chi connectivity index (χ4v) is 3.34.